The lowest BCUT2D eigenvalue weighted by Gasteiger charge is -1.90. The summed E-state index contributed by atoms with van der Waals surface area (Å²) in [5, 5.41) is 0. The SMILES string of the molecule is CCCCCC(N)=O.[B]. The Morgan fingerprint density at radius 2 is 2.00 bits per heavy atom. The number of hydrogen-bond acceptors (Lipinski definition) is 1. The summed E-state index contributed by atoms with van der Waals surface area (Å²) >= 11 is 0. The van der Waals surface area contributed by atoms with Crippen molar-refractivity contribution >= 4 is 14.3 Å². The van der Waals surface area contributed by atoms with Gasteiger partial charge in [0.15, 0.2) is 0 Å². The second kappa shape index (κ2) is 7.53. The van der Waals surface area contributed by atoms with E-state index in [4.69, 9.17) is 5.73 Å². The van der Waals surface area contributed by atoms with Crippen LogP contribution < -0.4 is 5.73 Å². The van der Waals surface area contributed by atoms with E-state index in [9.17, 15) is 4.79 Å². The smallest absolute Gasteiger partial charge is 0.217 e. The Morgan fingerprint density at radius 1 is 1.44 bits per heavy atom. The van der Waals surface area contributed by atoms with Crippen LogP contribution in [0.25, 0.3) is 0 Å². The highest BCUT2D eigenvalue weighted by Gasteiger charge is 1.90. The fourth-order valence-corrected chi connectivity index (χ4v) is 0.549. The van der Waals surface area contributed by atoms with Crippen LogP contribution in [0.5, 0.6) is 0 Å². The van der Waals surface area contributed by atoms with Gasteiger partial charge in [-0.3, -0.25) is 4.79 Å². The second-order valence-corrected chi connectivity index (χ2v) is 1.92. The van der Waals surface area contributed by atoms with Crippen LogP contribution in [0.4, 0.5) is 0 Å². The molecule has 2 N–H and O–H groups in total. The van der Waals surface area contributed by atoms with Crippen molar-refractivity contribution in [3.05, 3.63) is 0 Å². The maximum absolute atomic E-state index is 10.1. The predicted octanol–water partition coefficient (Wildman–Crippen LogP) is 0.671. The van der Waals surface area contributed by atoms with E-state index in [0.29, 0.717) is 6.42 Å². The Labute approximate surface area is 58.4 Å². The van der Waals surface area contributed by atoms with Gasteiger partial charge in [-0.2, -0.15) is 0 Å². The van der Waals surface area contributed by atoms with Gasteiger partial charge in [0.05, 0.1) is 0 Å². The van der Waals surface area contributed by atoms with E-state index in [1.54, 1.807) is 0 Å². The van der Waals surface area contributed by atoms with Crippen LogP contribution in [0.2, 0.25) is 0 Å². The summed E-state index contributed by atoms with van der Waals surface area (Å²) in [5.41, 5.74) is 4.89. The van der Waals surface area contributed by atoms with Gasteiger partial charge in [0.25, 0.3) is 0 Å². The van der Waals surface area contributed by atoms with Crippen LogP contribution in [0.1, 0.15) is 32.6 Å². The number of nitrogens with two attached hydrogens (primary N) is 1. The molecule has 1 amide bonds. The Balaban J connectivity index is 0. The molecule has 9 heavy (non-hydrogen) atoms. The molecular formula is C6H13BNO. The summed E-state index contributed by atoms with van der Waals surface area (Å²) in [4.78, 5) is 10.1. The summed E-state index contributed by atoms with van der Waals surface area (Å²) in [5.74, 6) is -0.182. The van der Waals surface area contributed by atoms with Crippen LogP contribution in [0.15, 0.2) is 0 Å². The third-order valence-corrected chi connectivity index (χ3v) is 1.03. The van der Waals surface area contributed by atoms with Crippen LogP contribution >= 0.6 is 0 Å². The molecule has 0 saturated carbocycles. The van der Waals surface area contributed by atoms with Crippen molar-refractivity contribution in [2.75, 3.05) is 0 Å². The Bertz CT molecular complexity index is 75.5. The zero-order valence-electron chi connectivity index (χ0n) is 5.89. The Morgan fingerprint density at radius 3 is 2.33 bits per heavy atom. The van der Waals surface area contributed by atoms with Crippen LogP contribution in [-0.2, 0) is 4.79 Å². The average Bonchev–Trinajstić information content (AvgIpc) is 1.66. The molecule has 0 atom stereocenters. The minimum atomic E-state index is -0.182. The van der Waals surface area contributed by atoms with Crippen LogP contribution in [0.3, 0.4) is 0 Å². The fraction of sp³-hybridized carbons (Fsp3) is 0.833. The number of unbranched alkanes of at least 4 members (excludes halogenated alkanes) is 2. The van der Waals surface area contributed by atoms with Gasteiger partial charge in [0.1, 0.15) is 0 Å². The molecule has 0 aromatic heterocycles. The van der Waals surface area contributed by atoms with E-state index in [0.717, 1.165) is 19.3 Å². The normalized spacial score (nSPS) is 8.11. The van der Waals surface area contributed by atoms with E-state index >= 15 is 0 Å². The highest BCUT2D eigenvalue weighted by Crippen LogP contribution is 1.96. The first-order chi connectivity index (χ1) is 3.77. The zero-order chi connectivity index (χ0) is 6.41. The van der Waals surface area contributed by atoms with E-state index in [1.165, 1.54) is 0 Å². The number of carbonyl (C=O) groups is 1. The van der Waals surface area contributed by atoms with E-state index in [1.807, 2.05) is 0 Å². The van der Waals surface area contributed by atoms with Crippen molar-refractivity contribution in [2.45, 2.75) is 32.6 Å². The molecule has 2 nitrogen and oxygen atoms in total. The van der Waals surface area contributed by atoms with Gasteiger partial charge in [0, 0.05) is 14.8 Å². The molecule has 0 fully saturated rings. The van der Waals surface area contributed by atoms with Gasteiger partial charge in [-0.25, -0.2) is 0 Å². The molecule has 0 aromatic carbocycles. The van der Waals surface area contributed by atoms with Crippen molar-refractivity contribution in [1.29, 1.82) is 0 Å². The van der Waals surface area contributed by atoms with Crippen LogP contribution in [0, 0.1) is 0 Å². The lowest BCUT2D eigenvalue weighted by molar-refractivity contribution is -0.118. The molecule has 51 valence electrons. The van der Waals surface area contributed by atoms with Gasteiger partial charge < -0.3 is 5.73 Å². The van der Waals surface area contributed by atoms with Gasteiger partial charge in [-0.15, -0.1) is 0 Å². The topological polar surface area (TPSA) is 43.1 Å². The van der Waals surface area contributed by atoms with E-state index in [-0.39, 0.29) is 14.3 Å². The van der Waals surface area contributed by atoms with E-state index < -0.39 is 0 Å². The molecule has 0 aromatic rings. The number of carbonyl (C=O) groups excluding carboxylic acids is 1. The summed E-state index contributed by atoms with van der Waals surface area (Å²) in [6, 6.07) is 0. The molecular weight excluding hydrogens is 113 g/mol. The quantitative estimate of drug-likeness (QED) is 0.436. The van der Waals surface area contributed by atoms with Gasteiger partial charge in [-0.1, -0.05) is 19.8 Å². The molecule has 3 heteroatoms. The molecule has 0 aliphatic carbocycles. The highest BCUT2D eigenvalue weighted by atomic mass is 16.1. The lowest BCUT2D eigenvalue weighted by Crippen LogP contribution is -2.09. The summed E-state index contributed by atoms with van der Waals surface area (Å²) in [6.07, 6.45) is 3.76. The summed E-state index contributed by atoms with van der Waals surface area (Å²) < 4.78 is 0. The predicted molar refractivity (Wildman–Crippen MR) is 39.1 cm³/mol. The van der Waals surface area contributed by atoms with Crippen molar-refractivity contribution in [2.24, 2.45) is 5.73 Å². The fourth-order valence-electron chi connectivity index (χ4n) is 0.549. The molecule has 0 bridgehead atoms. The molecule has 0 unspecified atom stereocenters. The van der Waals surface area contributed by atoms with Gasteiger partial charge >= 0.3 is 0 Å². The molecule has 0 saturated heterocycles. The summed E-state index contributed by atoms with van der Waals surface area (Å²) in [6.45, 7) is 2.10. The number of hydrogen-bond donors (Lipinski definition) is 1. The van der Waals surface area contributed by atoms with Crippen molar-refractivity contribution in [3.8, 4) is 0 Å². The third kappa shape index (κ3) is 11.2. The van der Waals surface area contributed by atoms with E-state index in [2.05, 4.69) is 6.92 Å². The monoisotopic (exact) mass is 126 g/mol. The molecule has 0 rings (SSSR count). The highest BCUT2D eigenvalue weighted by molar-refractivity contribution is 5.75. The van der Waals surface area contributed by atoms with Gasteiger partial charge in [0.2, 0.25) is 5.91 Å². The second-order valence-electron chi connectivity index (χ2n) is 1.92. The maximum atomic E-state index is 10.1. The standard InChI is InChI=1S/C6H13NO.B/c1-2-3-4-5-6(7)8;/h2-5H2,1H3,(H2,7,8);. The Kier molecular flexibility index (Phi) is 9.50. The average molecular weight is 126 g/mol. The number of rotatable bonds is 4. The first-order valence-electron chi connectivity index (χ1n) is 3.05. The minimum Gasteiger partial charge on any atom is -0.370 e. The van der Waals surface area contributed by atoms with Gasteiger partial charge in [-0.05, 0) is 6.42 Å². The third-order valence-electron chi connectivity index (χ3n) is 1.03. The first-order valence-corrected chi connectivity index (χ1v) is 3.05. The molecule has 3 radical (unpaired) electrons. The summed E-state index contributed by atoms with van der Waals surface area (Å²) in [7, 11) is 0. The largest absolute Gasteiger partial charge is 0.370 e. The lowest BCUT2D eigenvalue weighted by atomic mass is 10.2. The zero-order valence-corrected chi connectivity index (χ0v) is 5.89. The first kappa shape index (κ1) is 11.3. The number of primary amides is 1. The number of amides is 1. The molecule has 0 heterocycles. The van der Waals surface area contributed by atoms with Crippen molar-refractivity contribution < 1.29 is 4.79 Å². The van der Waals surface area contributed by atoms with Crippen LogP contribution in [-0.4, -0.2) is 14.3 Å². The maximum Gasteiger partial charge on any atom is 0.217 e. The van der Waals surface area contributed by atoms with Crippen molar-refractivity contribution in [3.63, 3.8) is 0 Å². The molecule has 0 aliphatic heterocycles. The molecule has 0 aliphatic rings. The Hall–Kier alpha value is -0.465. The molecule has 0 spiro atoms. The minimum absolute atomic E-state index is 0. The van der Waals surface area contributed by atoms with Crippen molar-refractivity contribution in [1.82, 2.24) is 0 Å².